The molecule has 4 heteroatoms. The molecule has 3 aromatic rings. The lowest BCUT2D eigenvalue weighted by atomic mass is 9.95. The summed E-state index contributed by atoms with van der Waals surface area (Å²) in [7, 11) is 0. The maximum Gasteiger partial charge on any atom is 0.104 e. The maximum absolute atomic E-state index is 10.6. The number of rotatable bonds is 2. The number of aliphatic hydroxyl groups excluding tert-OH is 1. The summed E-state index contributed by atoms with van der Waals surface area (Å²) in [6.45, 7) is 1.98. The van der Waals surface area contributed by atoms with Crippen LogP contribution in [0.5, 0.6) is 0 Å². The Balaban J connectivity index is 2.13. The molecule has 0 aliphatic carbocycles. The smallest absolute Gasteiger partial charge is 0.104 e. The number of benzene rings is 3. The Kier molecular flexibility index (Phi) is 4.33. The highest BCUT2D eigenvalue weighted by Gasteiger charge is 2.14. The molecule has 22 heavy (non-hydrogen) atoms. The lowest BCUT2D eigenvalue weighted by Crippen LogP contribution is -2.00. The second kappa shape index (κ2) is 6.10. The fourth-order valence-electron chi connectivity index (χ4n) is 2.59. The number of aryl methyl sites for hydroxylation is 1. The topological polar surface area (TPSA) is 20.2 Å². The monoisotopic (exact) mass is 350 g/mol. The molecule has 0 aromatic heterocycles. The van der Waals surface area contributed by atoms with Gasteiger partial charge in [-0.15, -0.1) is 0 Å². The second-order valence-electron chi connectivity index (χ2n) is 5.27. The van der Waals surface area contributed by atoms with Crippen molar-refractivity contribution in [3.8, 4) is 0 Å². The third-order valence-electron chi connectivity index (χ3n) is 3.71. The molecular weight excluding hydrogens is 339 g/mol. The Labute approximate surface area is 144 Å². The van der Waals surface area contributed by atoms with E-state index in [2.05, 4.69) is 0 Å². The third kappa shape index (κ3) is 2.95. The number of halogens is 3. The van der Waals surface area contributed by atoms with Crippen molar-refractivity contribution in [2.45, 2.75) is 13.0 Å². The number of hydrogen-bond acceptors (Lipinski definition) is 1. The molecule has 0 bridgehead atoms. The number of hydrogen-bond donors (Lipinski definition) is 1. The lowest BCUT2D eigenvalue weighted by Gasteiger charge is -2.15. The zero-order valence-corrected chi connectivity index (χ0v) is 14.0. The van der Waals surface area contributed by atoms with Gasteiger partial charge in [0.05, 0.1) is 0 Å². The van der Waals surface area contributed by atoms with E-state index in [1.807, 2.05) is 37.3 Å². The van der Waals surface area contributed by atoms with Crippen LogP contribution in [0.15, 0.2) is 48.5 Å². The van der Waals surface area contributed by atoms with Gasteiger partial charge in [0.25, 0.3) is 0 Å². The Hall–Kier alpha value is -1.25. The Bertz CT molecular complexity index is 841. The minimum absolute atomic E-state index is 0.579. The molecule has 0 fully saturated rings. The van der Waals surface area contributed by atoms with Gasteiger partial charge < -0.3 is 5.11 Å². The second-order valence-corrected chi connectivity index (χ2v) is 6.55. The van der Waals surface area contributed by atoms with Crippen LogP contribution in [0.2, 0.25) is 15.1 Å². The van der Waals surface area contributed by atoms with E-state index in [1.54, 1.807) is 18.2 Å². The summed E-state index contributed by atoms with van der Waals surface area (Å²) in [4.78, 5) is 0. The molecule has 0 amide bonds. The minimum atomic E-state index is -0.730. The molecule has 0 unspecified atom stereocenters. The van der Waals surface area contributed by atoms with E-state index in [4.69, 9.17) is 34.8 Å². The van der Waals surface area contributed by atoms with E-state index in [-0.39, 0.29) is 0 Å². The van der Waals surface area contributed by atoms with E-state index < -0.39 is 6.10 Å². The molecule has 1 atom stereocenters. The van der Waals surface area contributed by atoms with E-state index in [1.165, 1.54) is 0 Å². The first-order chi connectivity index (χ1) is 10.5. The molecule has 3 rings (SSSR count). The van der Waals surface area contributed by atoms with Gasteiger partial charge in [-0.2, -0.15) is 0 Å². The lowest BCUT2D eigenvalue weighted by molar-refractivity contribution is 0.220. The van der Waals surface area contributed by atoms with Gasteiger partial charge in [0.15, 0.2) is 0 Å². The van der Waals surface area contributed by atoms with Crippen LogP contribution < -0.4 is 0 Å². The average molecular weight is 352 g/mol. The Morgan fingerprint density at radius 2 is 1.45 bits per heavy atom. The van der Waals surface area contributed by atoms with Crippen LogP contribution in [0.3, 0.4) is 0 Å². The van der Waals surface area contributed by atoms with Gasteiger partial charge in [-0.3, -0.25) is 0 Å². The van der Waals surface area contributed by atoms with Crippen molar-refractivity contribution < 1.29 is 5.11 Å². The van der Waals surface area contributed by atoms with Crippen molar-refractivity contribution in [1.82, 2.24) is 0 Å². The van der Waals surface area contributed by atoms with Crippen molar-refractivity contribution in [3.63, 3.8) is 0 Å². The molecule has 3 aromatic carbocycles. The van der Waals surface area contributed by atoms with Gasteiger partial charge in [0, 0.05) is 20.5 Å². The first kappa shape index (κ1) is 15.6. The van der Waals surface area contributed by atoms with Crippen molar-refractivity contribution in [1.29, 1.82) is 0 Å². The first-order valence-corrected chi connectivity index (χ1v) is 7.92. The summed E-state index contributed by atoms with van der Waals surface area (Å²) >= 11 is 18.2. The van der Waals surface area contributed by atoms with E-state index in [0.29, 0.717) is 15.1 Å². The van der Waals surface area contributed by atoms with Gasteiger partial charge in [0.1, 0.15) is 6.10 Å². The van der Waals surface area contributed by atoms with Gasteiger partial charge in [-0.1, -0.05) is 53.0 Å². The van der Waals surface area contributed by atoms with Gasteiger partial charge >= 0.3 is 0 Å². The standard InChI is InChI=1S/C18H13Cl3O/c1-10-6-12(18(22)11-2-4-13(19)5-3-11)7-16-15(10)8-14(20)9-17(16)21/h2-9,18,22H,1H3/t18-/m1/s1. The summed E-state index contributed by atoms with van der Waals surface area (Å²) in [5.74, 6) is 0. The zero-order valence-electron chi connectivity index (χ0n) is 11.8. The summed E-state index contributed by atoms with van der Waals surface area (Å²) in [5.41, 5.74) is 2.59. The molecular formula is C18H13Cl3O. The van der Waals surface area contributed by atoms with Crippen LogP contribution in [0.4, 0.5) is 0 Å². The maximum atomic E-state index is 10.6. The predicted octanol–water partition coefficient (Wildman–Crippen LogP) is 6.19. The first-order valence-electron chi connectivity index (χ1n) is 6.78. The van der Waals surface area contributed by atoms with E-state index >= 15 is 0 Å². The largest absolute Gasteiger partial charge is 0.384 e. The summed E-state index contributed by atoms with van der Waals surface area (Å²) < 4.78 is 0. The quantitative estimate of drug-likeness (QED) is 0.583. The third-order valence-corrected chi connectivity index (χ3v) is 4.50. The van der Waals surface area contributed by atoms with Crippen LogP contribution in [0, 0.1) is 6.92 Å². The number of aliphatic hydroxyl groups is 1. The average Bonchev–Trinajstić information content (AvgIpc) is 2.48. The fourth-order valence-corrected chi connectivity index (χ4v) is 3.26. The van der Waals surface area contributed by atoms with Gasteiger partial charge in [-0.25, -0.2) is 0 Å². The minimum Gasteiger partial charge on any atom is -0.384 e. The van der Waals surface area contributed by atoms with Crippen molar-refractivity contribution in [3.05, 3.63) is 80.3 Å². The molecule has 0 saturated heterocycles. The SMILES string of the molecule is Cc1cc([C@H](O)c2ccc(Cl)cc2)cc2c(Cl)cc(Cl)cc12. The van der Waals surface area contributed by atoms with Crippen molar-refractivity contribution in [2.24, 2.45) is 0 Å². The Morgan fingerprint density at radius 3 is 2.14 bits per heavy atom. The van der Waals surface area contributed by atoms with E-state index in [9.17, 15) is 5.11 Å². The van der Waals surface area contributed by atoms with Crippen LogP contribution in [0.1, 0.15) is 22.8 Å². The highest BCUT2D eigenvalue weighted by molar-refractivity contribution is 6.38. The molecule has 0 radical (unpaired) electrons. The molecule has 0 spiro atoms. The molecule has 112 valence electrons. The molecule has 0 heterocycles. The van der Waals surface area contributed by atoms with Gasteiger partial charge in [-0.05, 0) is 59.3 Å². The van der Waals surface area contributed by atoms with Crippen LogP contribution >= 0.6 is 34.8 Å². The molecule has 1 N–H and O–H groups in total. The molecule has 0 aliphatic rings. The molecule has 0 aliphatic heterocycles. The van der Waals surface area contributed by atoms with Gasteiger partial charge in [0.2, 0.25) is 0 Å². The summed E-state index contributed by atoms with van der Waals surface area (Å²) in [6.07, 6.45) is -0.730. The van der Waals surface area contributed by atoms with Crippen molar-refractivity contribution >= 4 is 45.6 Å². The van der Waals surface area contributed by atoms with Crippen LogP contribution in [-0.2, 0) is 0 Å². The van der Waals surface area contributed by atoms with Crippen LogP contribution in [-0.4, -0.2) is 5.11 Å². The highest BCUT2D eigenvalue weighted by Crippen LogP contribution is 2.34. The predicted molar refractivity (Wildman–Crippen MR) is 94.2 cm³/mol. The van der Waals surface area contributed by atoms with E-state index in [0.717, 1.165) is 27.5 Å². The number of fused-ring (bicyclic) bond motifs is 1. The van der Waals surface area contributed by atoms with Crippen molar-refractivity contribution in [2.75, 3.05) is 0 Å². The molecule has 0 saturated carbocycles. The summed E-state index contributed by atoms with van der Waals surface area (Å²) in [6, 6.07) is 14.6. The highest BCUT2D eigenvalue weighted by atomic mass is 35.5. The summed E-state index contributed by atoms with van der Waals surface area (Å²) in [5, 5.41) is 14.3. The normalized spacial score (nSPS) is 12.6. The molecule has 1 nitrogen and oxygen atoms in total. The Morgan fingerprint density at radius 1 is 0.773 bits per heavy atom. The fraction of sp³-hybridized carbons (Fsp3) is 0.111. The zero-order chi connectivity index (χ0) is 15.9. The van der Waals surface area contributed by atoms with Crippen LogP contribution in [0.25, 0.3) is 10.8 Å².